The highest BCUT2D eigenvalue weighted by molar-refractivity contribution is 7.19. The first-order valence-corrected chi connectivity index (χ1v) is 5.69. The van der Waals surface area contributed by atoms with Crippen LogP contribution in [0.2, 0.25) is 0 Å². The molecule has 0 saturated heterocycles. The molecule has 0 amide bonds. The first-order valence-electron chi connectivity index (χ1n) is 4.88. The molecule has 0 atom stereocenters. The molecule has 0 aliphatic carbocycles. The van der Waals surface area contributed by atoms with Crippen LogP contribution in [0, 0.1) is 6.92 Å². The van der Waals surface area contributed by atoms with Crippen LogP contribution < -0.4 is 0 Å². The number of thiophene rings is 1. The molecule has 1 aromatic carbocycles. The summed E-state index contributed by atoms with van der Waals surface area (Å²) in [7, 11) is 0. The highest BCUT2D eigenvalue weighted by Crippen LogP contribution is 2.31. The van der Waals surface area contributed by atoms with Crippen molar-refractivity contribution in [2.75, 3.05) is 0 Å². The maximum atomic E-state index is 9.08. The van der Waals surface area contributed by atoms with Gasteiger partial charge in [0.05, 0.1) is 6.61 Å². The van der Waals surface area contributed by atoms with Crippen molar-refractivity contribution in [2.24, 2.45) is 0 Å². The van der Waals surface area contributed by atoms with Crippen molar-refractivity contribution >= 4 is 21.4 Å². The Labute approximate surface area is 88.0 Å². The minimum absolute atomic E-state index is 0.154. The molecule has 2 heteroatoms. The third kappa shape index (κ3) is 1.45. The van der Waals surface area contributed by atoms with Crippen LogP contribution in [0.3, 0.4) is 0 Å². The molecular formula is C12H14OS. The van der Waals surface area contributed by atoms with Gasteiger partial charge in [-0.25, -0.2) is 0 Å². The molecule has 1 N–H and O–H groups in total. The Morgan fingerprint density at radius 1 is 1.36 bits per heavy atom. The Morgan fingerprint density at radius 3 is 2.79 bits per heavy atom. The highest BCUT2D eigenvalue weighted by atomic mass is 32.1. The van der Waals surface area contributed by atoms with Gasteiger partial charge < -0.3 is 5.11 Å². The summed E-state index contributed by atoms with van der Waals surface area (Å²) in [5.41, 5.74) is 2.78. The average molecular weight is 206 g/mol. The second-order valence-corrected chi connectivity index (χ2v) is 4.64. The topological polar surface area (TPSA) is 20.2 Å². The predicted molar refractivity (Wildman–Crippen MR) is 61.9 cm³/mol. The van der Waals surface area contributed by atoms with Gasteiger partial charge in [0.1, 0.15) is 0 Å². The smallest absolute Gasteiger partial charge is 0.0774 e. The second-order valence-electron chi connectivity index (χ2n) is 3.50. The largest absolute Gasteiger partial charge is 0.391 e. The van der Waals surface area contributed by atoms with E-state index in [-0.39, 0.29) is 6.61 Å². The number of benzene rings is 1. The fraction of sp³-hybridized carbons (Fsp3) is 0.333. The highest BCUT2D eigenvalue weighted by Gasteiger charge is 2.06. The van der Waals surface area contributed by atoms with E-state index in [0.717, 1.165) is 11.3 Å². The van der Waals surface area contributed by atoms with Crippen molar-refractivity contribution < 1.29 is 5.11 Å². The zero-order valence-corrected chi connectivity index (χ0v) is 9.32. The molecule has 2 aromatic rings. The standard InChI is InChI=1S/C12H14OS/c1-3-11-8(2)4-5-9-6-10(7-13)14-12(9)11/h4-6,13H,3,7H2,1-2H3. The molecule has 1 nitrogen and oxygen atoms in total. The quantitative estimate of drug-likeness (QED) is 0.799. The van der Waals surface area contributed by atoms with Gasteiger partial charge in [0.15, 0.2) is 0 Å². The first kappa shape index (κ1) is 9.69. The number of rotatable bonds is 2. The van der Waals surface area contributed by atoms with Gasteiger partial charge in [0.25, 0.3) is 0 Å². The molecule has 74 valence electrons. The number of fused-ring (bicyclic) bond motifs is 1. The van der Waals surface area contributed by atoms with E-state index in [2.05, 4.69) is 32.0 Å². The van der Waals surface area contributed by atoms with E-state index >= 15 is 0 Å². The lowest BCUT2D eigenvalue weighted by Gasteiger charge is -2.03. The molecule has 0 aliphatic rings. The normalized spacial score (nSPS) is 11.1. The number of aryl methyl sites for hydroxylation is 2. The number of aliphatic hydroxyl groups excluding tert-OH is 1. The predicted octanol–water partition coefficient (Wildman–Crippen LogP) is 3.26. The maximum absolute atomic E-state index is 9.08. The molecule has 14 heavy (non-hydrogen) atoms. The lowest BCUT2D eigenvalue weighted by molar-refractivity contribution is 0.285. The number of hydrogen-bond donors (Lipinski definition) is 1. The lowest BCUT2D eigenvalue weighted by Crippen LogP contribution is -1.84. The second kappa shape index (κ2) is 3.71. The van der Waals surface area contributed by atoms with Crippen molar-refractivity contribution in [1.82, 2.24) is 0 Å². The Kier molecular flexibility index (Phi) is 2.57. The molecule has 1 heterocycles. The van der Waals surface area contributed by atoms with Crippen LogP contribution in [0.5, 0.6) is 0 Å². The third-order valence-electron chi connectivity index (χ3n) is 2.58. The van der Waals surface area contributed by atoms with Crippen LogP contribution in [0.4, 0.5) is 0 Å². The van der Waals surface area contributed by atoms with E-state index in [1.54, 1.807) is 11.3 Å². The summed E-state index contributed by atoms with van der Waals surface area (Å²) in [6, 6.07) is 6.38. The SMILES string of the molecule is CCc1c(C)ccc2cc(CO)sc12. The summed E-state index contributed by atoms with van der Waals surface area (Å²) in [5, 5.41) is 10.3. The van der Waals surface area contributed by atoms with E-state index in [9.17, 15) is 0 Å². The van der Waals surface area contributed by atoms with Gasteiger partial charge in [-0.2, -0.15) is 0 Å². The maximum Gasteiger partial charge on any atom is 0.0774 e. The summed E-state index contributed by atoms with van der Waals surface area (Å²) in [4.78, 5) is 1.06. The molecule has 0 spiro atoms. The van der Waals surface area contributed by atoms with E-state index in [1.165, 1.54) is 21.2 Å². The van der Waals surface area contributed by atoms with Crippen molar-refractivity contribution in [1.29, 1.82) is 0 Å². The zero-order chi connectivity index (χ0) is 10.1. The van der Waals surface area contributed by atoms with Crippen LogP contribution >= 0.6 is 11.3 Å². The Balaban J connectivity index is 2.73. The molecule has 2 rings (SSSR count). The molecule has 1 aromatic heterocycles. The minimum Gasteiger partial charge on any atom is -0.391 e. The van der Waals surface area contributed by atoms with Crippen LogP contribution in [0.1, 0.15) is 22.9 Å². The molecule has 0 bridgehead atoms. The molecule has 0 unspecified atom stereocenters. The fourth-order valence-electron chi connectivity index (χ4n) is 1.83. The van der Waals surface area contributed by atoms with Gasteiger partial charge in [0, 0.05) is 9.58 Å². The third-order valence-corrected chi connectivity index (χ3v) is 3.78. The Hall–Kier alpha value is -0.860. The van der Waals surface area contributed by atoms with Gasteiger partial charge in [-0.1, -0.05) is 19.1 Å². The monoisotopic (exact) mass is 206 g/mol. The Bertz CT molecular complexity index is 457. The van der Waals surface area contributed by atoms with Crippen LogP contribution in [0.25, 0.3) is 10.1 Å². The molecule has 0 aliphatic heterocycles. The minimum atomic E-state index is 0.154. The first-order chi connectivity index (χ1) is 6.76. The van der Waals surface area contributed by atoms with Crippen molar-refractivity contribution in [2.45, 2.75) is 26.9 Å². The molecule has 0 fully saturated rings. The van der Waals surface area contributed by atoms with E-state index < -0.39 is 0 Å². The summed E-state index contributed by atoms with van der Waals surface area (Å²) >= 11 is 1.71. The summed E-state index contributed by atoms with van der Waals surface area (Å²) in [5.74, 6) is 0. The van der Waals surface area contributed by atoms with Crippen LogP contribution in [0.15, 0.2) is 18.2 Å². The average Bonchev–Trinajstić information content (AvgIpc) is 2.60. The van der Waals surface area contributed by atoms with Gasteiger partial charge in [-0.3, -0.25) is 0 Å². The van der Waals surface area contributed by atoms with Crippen molar-refractivity contribution in [3.05, 3.63) is 34.2 Å². The summed E-state index contributed by atoms with van der Waals surface area (Å²) in [6.07, 6.45) is 1.06. The van der Waals surface area contributed by atoms with Gasteiger partial charge in [-0.15, -0.1) is 11.3 Å². The zero-order valence-electron chi connectivity index (χ0n) is 8.50. The van der Waals surface area contributed by atoms with E-state index in [1.807, 2.05) is 0 Å². The molecular weight excluding hydrogens is 192 g/mol. The van der Waals surface area contributed by atoms with Gasteiger partial charge in [0.2, 0.25) is 0 Å². The van der Waals surface area contributed by atoms with E-state index in [4.69, 9.17) is 5.11 Å². The Morgan fingerprint density at radius 2 is 2.14 bits per heavy atom. The van der Waals surface area contributed by atoms with Crippen molar-refractivity contribution in [3.63, 3.8) is 0 Å². The lowest BCUT2D eigenvalue weighted by atomic mass is 10.0. The van der Waals surface area contributed by atoms with Crippen LogP contribution in [-0.2, 0) is 13.0 Å². The fourth-order valence-corrected chi connectivity index (χ4v) is 3.02. The molecule has 0 saturated carbocycles. The van der Waals surface area contributed by atoms with E-state index in [0.29, 0.717) is 0 Å². The van der Waals surface area contributed by atoms with Crippen LogP contribution in [-0.4, -0.2) is 5.11 Å². The van der Waals surface area contributed by atoms with Crippen molar-refractivity contribution in [3.8, 4) is 0 Å². The number of hydrogen-bond acceptors (Lipinski definition) is 2. The summed E-state index contributed by atoms with van der Waals surface area (Å²) < 4.78 is 1.34. The van der Waals surface area contributed by atoms with Gasteiger partial charge in [-0.05, 0) is 35.9 Å². The number of aliphatic hydroxyl groups is 1. The molecule has 0 radical (unpaired) electrons. The van der Waals surface area contributed by atoms with Gasteiger partial charge >= 0.3 is 0 Å². The summed E-state index contributed by atoms with van der Waals surface area (Å²) in [6.45, 7) is 4.48.